The molecule has 0 aromatic carbocycles. The molecule has 1 aliphatic rings. The highest BCUT2D eigenvalue weighted by Gasteiger charge is 2.19. The molecule has 1 atom stereocenters. The first kappa shape index (κ1) is 12.4. The first-order valence-electron chi connectivity index (χ1n) is 5.75. The van der Waals surface area contributed by atoms with E-state index in [-0.39, 0.29) is 11.6 Å². The number of likely N-dealkylation sites (N-methyl/N-ethyl adjacent to an activating group) is 1. The summed E-state index contributed by atoms with van der Waals surface area (Å²) in [6.45, 7) is 2.04. The van der Waals surface area contributed by atoms with Crippen LogP contribution in [0.25, 0.3) is 0 Å². The van der Waals surface area contributed by atoms with Crippen LogP contribution in [0, 0.1) is 0 Å². The van der Waals surface area contributed by atoms with Crippen LogP contribution in [0.4, 0.5) is 5.69 Å². The van der Waals surface area contributed by atoms with Crippen LogP contribution in [0.5, 0.6) is 0 Å². The largest absolute Gasteiger partial charge is 0.375 e. The maximum absolute atomic E-state index is 11.9. The Kier molecular flexibility index (Phi) is 3.69. The highest BCUT2D eigenvalue weighted by molar-refractivity contribution is 6.33. The third-order valence-electron chi connectivity index (χ3n) is 3.06. The molecule has 94 valence electrons. The van der Waals surface area contributed by atoms with Crippen LogP contribution in [0.3, 0.4) is 0 Å². The molecule has 1 aromatic rings. The second-order valence-electron chi connectivity index (χ2n) is 4.54. The first-order valence-corrected chi connectivity index (χ1v) is 6.12. The Bertz CT molecular complexity index is 459. The Morgan fingerprint density at radius 2 is 2.29 bits per heavy atom. The number of likely N-dealkylation sites (tertiary alicyclic amines) is 1. The highest BCUT2D eigenvalue weighted by Crippen LogP contribution is 2.19. The summed E-state index contributed by atoms with van der Waals surface area (Å²) < 4.78 is 1.29. The van der Waals surface area contributed by atoms with Gasteiger partial charge in [0, 0.05) is 19.6 Å². The Balaban J connectivity index is 2.18. The van der Waals surface area contributed by atoms with E-state index in [1.54, 1.807) is 7.05 Å². The molecular formula is C11H17ClN4O. The monoisotopic (exact) mass is 256 g/mol. The van der Waals surface area contributed by atoms with E-state index in [9.17, 15) is 4.79 Å². The molecule has 2 rings (SSSR count). The van der Waals surface area contributed by atoms with Gasteiger partial charge in [0.2, 0.25) is 0 Å². The maximum atomic E-state index is 11.9. The molecule has 1 fully saturated rings. The van der Waals surface area contributed by atoms with Gasteiger partial charge in [-0.1, -0.05) is 11.6 Å². The van der Waals surface area contributed by atoms with Gasteiger partial charge >= 0.3 is 0 Å². The van der Waals surface area contributed by atoms with E-state index in [2.05, 4.69) is 22.4 Å². The summed E-state index contributed by atoms with van der Waals surface area (Å²) in [6, 6.07) is 0.279. The number of nitrogens with zero attached hydrogens (tertiary/aromatic N) is 3. The van der Waals surface area contributed by atoms with E-state index < -0.39 is 0 Å². The van der Waals surface area contributed by atoms with Crippen LogP contribution in [0.1, 0.15) is 12.8 Å². The zero-order chi connectivity index (χ0) is 12.4. The van der Waals surface area contributed by atoms with Crippen LogP contribution in [-0.4, -0.2) is 40.9 Å². The van der Waals surface area contributed by atoms with Gasteiger partial charge in [-0.25, -0.2) is 4.68 Å². The summed E-state index contributed by atoms with van der Waals surface area (Å²) in [7, 11) is 3.71. The zero-order valence-corrected chi connectivity index (χ0v) is 10.9. The molecule has 1 aliphatic heterocycles. The van der Waals surface area contributed by atoms with Crippen LogP contribution < -0.4 is 10.9 Å². The smallest absolute Gasteiger partial charge is 0.291 e. The predicted molar refractivity (Wildman–Crippen MR) is 68.6 cm³/mol. The van der Waals surface area contributed by atoms with Gasteiger partial charge in [0.15, 0.2) is 0 Å². The minimum Gasteiger partial charge on any atom is -0.375 e. The lowest BCUT2D eigenvalue weighted by molar-refractivity contribution is 0.261. The quantitative estimate of drug-likeness (QED) is 0.856. The molecule has 1 unspecified atom stereocenters. The number of aromatic nitrogens is 2. The molecule has 5 nitrogen and oxygen atoms in total. The number of hydrogen-bond donors (Lipinski definition) is 1. The van der Waals surface area contributed by atoms with Crippen LogP contribution in [0.2, 0.25) is 5.02 Å². The third-order valence-corrected chi connectivity index (χ3v) is 3.35. The minimum absolute atomic E-state index is 0.175. The molecular weight excluding hydrogens is 240 g/mol. The number of rotatable bonds is 2. The lowest BCUT2D eigenvalue weighted by Gasteiger charge is -2.30. The minimum atomic E-state index is -0.175. The third kappa shape index (κ3) is 2.79. The Morgan fingerprint density at radius 1 is 1.53 bits per heavy atom. The number of hydrogen-bond acceptors (Lipinski definition) is 4. The van der Waals surface area contributed by atoms with Gasteiger partial charge in [-0.15, -0.1) is 0 Å². The zero-order valence-electron chi connectivity index (χ0n) is 10.1. The average Bonchev–Trinajstić information content (AvgIpc) is 2.30. The Hall–Kier alpha value is -1.07. The van der Waals surface area contributed by atoms with Crippen molar-refractivity contribution in [2.45, 2.75) is 18.9 Å². The van der Waals surface area contributed by atoms with Crippen molar-refractivity contribution >= 4 is 17.3 Å². The van der Waals surface area contributed by atoms with Gasteiger partial charge < -0.3 is 10.2 Å². The molecule has 0 amide bonds. The number of piperidine rings is 1. The number of aryl methyl sites for hydroxylation is 1. The Labute approximate surface area is 105 Å². The van der Waals surface area contributed by atoms with E-state index in [1.165, 1.54) is 10.9 Å². The maximum Gasteiger partial charge on any atom is 0.291 e. The van der Waals surface area contributed by atoms with Crippen molar-refractivity contribution in [3.8, 4) is 0 Å². The summed E-state index contributed by atoms with van der Waals surface area (Å²) in [5.74, 6) is 0. The van der Waals surface area contributed by atoms with Gasteiger partial charge in [-0.3, -0.25) is 4.79 Å². The SMILES string of the molecule is CN1CCCC(Nc2c(Cl)cnn(C)c2=O)C1. The van der Waals surface area contributed by atoms with Crippen molar-refractivity contribution in [1.82, 2.24) is 14.7 Å². The van der Waals surface area contributed by atoms with Crippen molar-refractivity contribution in [1.29, 1.82) is 0 Å². The molecule has 0 spiro atoms. The molecule has 1 saturated heterocycles. The number of nitrogens with one attached hydrogen (secondary N) is 1. The second-order valence-corrected chi connectivity index (χ2v) is 4.95. The van der Waals surface area contributed by atoms with Gasteiger partial charge in [0.1, 0.15) is 5.69 Å². The summed E-state index contributed by atoms with van der Waals surface area (Å²) in [5.41, 5.74) is 0.287. The highest BCUT2D eigenvalue weighted by atomic mass is 35.5. The molecule has 2 heterocycles. The predicted octanol–water partition coefficient (Wildman–Crippen LogP) is 0.940. The molecule has 1 aromatic heterocycles. The van der Waals surface area contributed by atoms with Crippen molar-refractivity contribution in [2.24, 2.45) is 7.05 Å². The van der Waals surface area contributed by atoms with E-state index in [0.29, 0.717) is 10.7 Å². The van der Waals surface area contributed by atoms with Gasteiger partial charge in [-0.2, -0.15) is 5.10 Å². The molecule has 0 bridgehead atoms. The van der Waals surface area contributed by atoms with E-state index in [0.717, 1.165) is 25.9 Å². The van der Waals surface area contributed by atoms with Crippen LogP contribution in [-0.2, 0) is 7.05 Å². The summed E-state index contributed by atoms with van der Waals surface area (Å²) >= 11 is 6.01. The first-order chi connectivity index (χ1) is 8.08. The van der Waals surface area contributed by atoms with Gasteiger partial charge in [0.05, 0.1) is 11.2 Å². The average molecular weight is 257 g/mol. The molecule has 0 radical (unpaired) electrons. The lowest BCUT2D eigenvalue weighted by atomic mass is 10.1. The van der Waals surface area contributed by atoms with Crippen LogP contribution in [0.15, 0.2) is 11.0 Å². The summed E-state index contributed by atoms with van der Waals surface area (Å²) in [5, 5.41) is 7.50. The fourth-order valence-corrected chi connectivity index (χ4v) is 2.32. The summed E-state index contributed by atoms with van der Waals surface area (Å²) in [4.78, 5) is 14.1. The van der Waals surface area contributed by atoms with E-state index >= 15 is 0 Å². The van der Waals surface area contributed by atoms with E-state index in [4.69, 9.17) is 11.6 Å². The van der Waals surface area contributed by atoms with Crippen molar-refractivity contribution in [2.75, 3.05) is 25.5 Å². The van der Waals surface area contributed by atoms with Crippen LogP contribution >= 0.6 is 11.6 Å². The second kappa shape index (κ2) is 5.06. The standard InChI is InChI=1S/C11H17ClN4O/c1-15-5-3-4-8(7-15)14-10-9(12)6-13-16(2)11(10)17/h6,8,14H,3-5,7H2,1-2H3. The van der Waals surface area contributed by atoms with Crippen molar-refractivity contribution in [3.63, 3.8) is 0 Å². The van der Waals surface area contributed by atoms with Crippen molar-refractivity contribution in [3.05, 3.63) is 21.6 Å². The number of anilines is 1. The molecule has 0 aliphatic carbocycles. The van der Waals surface area contributed by atoms with Gasteiger partial charge in [0.25, 0.3) is 5.56 Å². The molecule has 1 N–H and O–H groups in total. The van der Waals surface area contributed by atoms with E-state index in [1.807, 2.05) is 0 Å². The molecule has 6 heteroatoms. The van der Waals surface area contributed by atoms with Gasteiger partial charge in [-0.05, 0) is 26.4 Å². The van der Waals surface area contributed by atoms with Crippen molar-refractivity contribution < 1.29 is 0 Å². The Morgan fingerprint density at radius 3 is 3.00 bits per heavy atom. The summed E-state index contributed by atoms with van der Waals surface area (Å²) in [6.07, 6.45) is 3.70. The normalized spacial score (nSPS) is 21.5. The molecule has 17 heavy (non-hydrogen) atoms. The topological polar surface area (TPSA) is 50.2 Å². The fraction of sp³-hybridized carbons (Fsp3) is 0.636. The lowest BCUT2D eigenvalue weighted by Crippen LogP contribution is -2.41. The molecule has 0 saturated carbocycles. The number of halogens is 1. The fourth-order valence-electron chi connectivity index (χ4n) is 2.14.